The summed E-state index contributed by atoms with van der Waals surface area (Å²) in [5.41, 5.74) is 1.72. The van der Waals surface area contributed by atoms with Crippen molar-refractivity contribution < 1.29 is 4.79 Å². The first-order chi connectivity index (χ1) is 15.9. The predicted octanol–water partition coefficient (Wildman–Crippen LogP) is 3.55. The van der Waals surface area contributed by atoms with Crippen LogP contribution < -0.4 is 10.6 Å². The van der Waals surface area contributed by atoms with Gasteiger partial charge < -0.3 is 20.4 Å². The molecule has 10 heteroatoms. The van der Waals surface area contributed by atoms with Crippen molar-refractivity contribution in [3.63, 3.8) is 0 Å². The molecular weight excluding hydrogens is 440 g/mol. The molecule has 3 aromatic rings. The van der Waals surface area contributed by atoms with Gasteiger partial charge in [-0.3, -0.25) is 9.89 Å². The zero-order valence-corrected chi connectivity index (χ0v) is 19.9. The molecule has 174 valence electrons. The van der Waals surface area contributed by atoms with Gasteiger partial charge in [0.05, 0.1) is 12.1 Å². The van der Waals surface area contributed by atoms with Crippen molar-refractivity contribution >= 4 is 46.0 Å². The number of carbonyl (C=O) groups is 1. The van der Waals surface area contributed by atoms with Crippen LogP contribution in [-0.2, 0) is 4.79 Å². The van der Waals surface area contributed by atoms with Crippen molar-refractivity contribution in [2.75, 3.05) is 31.3 Å². The first kappa shape index (κ1) is 21.9. The van der Waals surface area contributed by atoms with Gasteiger partial charge in [-0.15, -0.1) is 0 Å². The van der Waals surface area contributed by atoms with Crippen molar-refractivity contribution in [2.45, 2.75) is 50.7 Å². The summed E-state index contributed by atoms with van der Waals surface area (Å²) in [5.74, 6) is 2.15. The minimum atomic E-state index is 0.211. The molecule has 2 bridgehead atoms. The molecule has 5 rings (SSSR count). The number of H-pyrrole nitrogens is 1. The summed E-state index contributed by atoms with van der Waals surface area (Å²) in [6, 6.07) is 8.27. The number of amides is 1. The van der Waals surface area contributed by atoms with Gasteiger partial charge in [0.2, 0.25) is 11.9 Å². The Bertz CT molecular complexity index is 1160. The van der Waals surface area contributed by atoms with E-state index in [4.69, 9.17) is 21.6 Å². The maximum atomic E-state index is 12.7. The number of fused-ring (bicyclic) bond motifs is 3. The van der Waals surface area contributed by atoms with E-state index in [0.29, 0.717) is 29.2 Å². The average Bonchev–Trinajstić information content (AvgIpc) is 3.27. The molecular formula is C23H29ClN8O. The van der Waals surface area contributed by atoms with Crippen LogP contribution in [0.3, 0.4) is 0 Å². The van der Waals surface area contributed by atoms with Gasteiger partial charge in [-0.1, -0.05) is 11.6 Å². The maximum absolute atomic E-state index is 12.7. The fraction of sp³-hybridized carbons (Fsp3) is 0.478. The number of aromatic nitrogens is 4. The molecule has 3 N–H and O–H groups in total. The van der Waals surface area contributed by atoms with Gasteiger partial charge in [0.1, 0.15) is 5.82 Å². The van der Waals surface area contributed by atoms with Crippen LogP contribution in [0.4, 0.5) is 17.6 Å². The van der Waals surface area contributed by atoms with Crippen LogP contribution in [0, 0.1) is 6.92 Å². The quantitative estimate of drug-likeness (QED) is 0.508. The summed E-state index contributed by atoms with van der Waals surface area (Å²) in [6.45, 7) is 2.41. The molecule has 1 aromatic carbocycles. The molecule has 33 heavy (non-hydrogen) atoms. The second-order valence-electron chi connectivity index (χ2n) is 9.35. The lowest BCUT2D eigenvalue weighted by atomic mass is 9.97. The smallest absolute Gasteiger partial charge is 0.237 e. The van der Waals surface area contributed by atoms with Crippen molar-refractivity contribution in [1.29, 1.82) is 0 Å². The van der Waals surface area contributed by atoms with E-state index in [1.807, 2.05) is 50.2 Å². The molecule has 2 saturated heterocycles. The number of hydrogen-bond acceptors (Lipinski definition) is 7. The van der Waals surface area contributed by atoms with Crippen LogP contribution in [0.15, 0.2) is 24.3 Å². The second-order valence-corrected chi connectivity index (χ2v) is 9.79. The van der Waals surface area contributed by atoms with Crippen molar-refractivity contribution in [1.82, 2.24) is 30.0 Å². The Kier molecular flexibility index (Phi) is 5.84. The van der Waals surface area contributed by atoms with Gasteiger partial charge in [-0.2, -0.15) is 10.1 Å². The molecule has 2 aromatic heterocycles. The number of piperidine rings is 1. The van der Waals surface area contributed by atoms with E-state index in [0.717, 1.165) is 42.3 Å². The fourth-order valence-electron chi connectivity index (χ4n) is 5.10. The summed E-state index contributed by atoms with van der Waals surface area (Å²) in [6.07, 6.45) is 3.91. The number of anilines is 3. The summed E-state index contributed by atoms with van der Waals surface area (Å²) >= 11 is 6.25. The van der Waals surface area contributed by atoms with E-state index in [1.165, 1.54) is 0 Å². The minimum Gasteiger partial charge on any atom is -0.351 e. The Morgan fingerprint density at radius 3 is 2.64 bits per heavy atom. The van der Waals surface area contributed by atoms with Crippen molar-refractivity contribution in [3.8, 4) is 0 Å². The van der Waals surface area contributed by atoms with Gasteiger partial charge in [-0.05, 0) is 64.9 Å². The Morgan fingerprint density at radius 1 is 1.21 bits per heavy atom. The SMILES string of the molecule is Cc1cc(Nc2nc(NC3CC4CCC(C3)N4C(=O)CN(C)C)nc3cc(Cl)ccc23)n[nH]1. The van der Waals surface area contributed by atoms with Gasteiger partial charge in [0, 0.05) is 40.3 Å². The van der Waals surface area contributed by atoms with E-state index in [1.54, 1.807) is 0 Å². The van der Waals surface area contributed by atoms with Crippen LogP contribution in [0.2, 0.25) is 5.02 Å². The predicted molar refractivity (Wildman–Crippen MR) is 130 cm³/mol. The molecule has 2 unspecified atom stereocenters. The number of nitrogens with one attached hydrogen (secondary N) is 3. The van der Waals surface area contributed by atoms with E-state index < -0.39 is 0 Å². The lowest BCUT2D eigenvalue weighted by Crippen LogP contribution is -2.52. The Labute approximate surface area is 197 Å². The van der Waals surface area contributed by atoms with Gasteiger partial charge in [0.15, 0.2) is 5.82 Å². The zero-order chi connectivity index (χ0) is 23.1. The number of likely N-dealkylation sites (N-methyl/N-ethyl adjacent to an activating group) is 1. The number of halogens is 1. The molecule has 2 fully saturated rings. The number of aryl methyl sites for hydroxylation is 1. The minimum absolute atomic E-state index is 0.211. The molecule has 0 spiro atoms. The Hall–Kier alpha value is -2.91. The Morgan fingerprint density at radius 2 is 1.97 bits per heavy atom. The monoisotopic (exact) mass is 468 g/mol. The highest BCUT2D eigenvalue weighted by molar-refractivity contribution is 6.31. The summed E-state index contributed by atoms with van der Waals surface area (Å²) in [4.78, 5) is 26.3. The third-order valence-electron chi connectivity index (χ3n) is 6.42. The molecule has 2 aliphatic heterocycles. The lowest BCUT2D eigenvalue weighted by molar-refractivity contribution is -0.136. The molecule has 0 aliphatic carbocycles. The van der Waals surface area contributed by atoms with Gasteiger partial charge in [0.25, 0.3) is 0 Å². The van der Waals surface area contributed by atoms with Gasteiger partial charge >= 0.3 is 0 Å². The van der Waals surface area contributed by atoms with Crippen LogP contribution in [0.1, 0.15) is 31.4 Å². The Balaban J connectivity index is 1.38. The van der Waals surface area contributed by atoms with E-state index in [2.05, 4.69) is 25.7 Å². The molecule has 2 aliphatic rings. The normalized spacial score (nSPS) is 22.2. The fourth-order valence-corrected chi connectivity index (χ4v) is 5.27. The molecule has 1 amide bonds. The van der Waals surface area contributed by atoms with E-state index in [-0.39, 0.29) is 24.0 Å². The van der Waals surface area contributed by atoms with Crippen molar-refractivity contribution in [2.24, 2.45) is 0 Å². The average molecular weight is 469 g/mol. The summed E-state index contributed by atoms with van der Waals surface area (Å²) in [5, 5.41) is 15.5. The molecule has 4 heterocycles. The topological polar surface area (TPSA) is 102 Å². The second kappa shape index (κ2) is 8.79. The zero-order valence-electron chi connectivity index (χ0n) is 19.1. The highest BCUT2D eigenvalue weighted by Gasteiger charge is 2.43. The first-order valence-corrected chi connectivity index (χ1v) is 11.7. The number of nitrogens with zero attached hydrogens (tertiary/aromatic N) is 5. The van der Waals surface area contributed by atoms with E-state index in [9.17, 15) is 4.79 Å². The highest BCUT2D eigenvalue weighted by atomic mass is 35.5. The van der Waals surface area contributed by atoms with Crippen LogP contribution in [0.5, 0.6) is 0 Å². The largest absolute Gasteiger partial charge is 0.351 e. The van der Waals surface area contributed by atoms with E-state index >= 15 is 0 Å². The number of hydrogen-bond donors (Lipinski definition) is 3. The van der Waals surface area contributed by atoms with Crippen LogP contribution in [-0.4, -0.2) is 74.6 Å². The summed E-state index contributed by atoms with van der Waals surface area (Å²) in [7, 11) is 3.88. The standard InChI is InChI=1S/C23H29ClN8O/c1-13-8-20(30-29-13)27-22-18-7-4-14(24)9-19(18)26-23(28-22)25-15-10-16-5-6-17(11-15)32(16)21(33)12-31(2)3/h4,7-9,15-17H,5-6,10-12H2,1-3H3,(H3,25,26,27,28,29,30). The third-order valence-corrected chi connectivity index (χ3v) is 6.65. The number of benzene rings is 1. The highest BCUT2D eigenvalue weighted by Crippen LogP contribution is 2.37. The molecule has 0 radical (unpaired) electrons. The third kappa shape index (κ3) is 4.60. The van der Waals surface area contributed by atoms with Crippen molar-refractivity contribution in [3.05, 3.63) is 35.0 Å². The lowest BCUT2D eigenvalue weighted by Gasteiger charge is -2.39. The molecule has 2 atom stereocenters. The number of aromatic amines is 1. The van der Waals surface area contributed by atoms with Gasteiger partial charge in [-0.25, -0.2) is 4.98 Å². The maximum Gasteiger partial charge on any atom is 0.237 e. The molecule has 9 nitrogen and oxygen atoms in total. The summed E-state index contributed by atoms with van der Waals surface area (Å²) < 4.78 is 0. The van der Waals surface area contributed by atoms with Crippen LogP contribution in [0.25, 0.3) is 10.9 Å². The number of rotatable bonds is 6. The molecule has 0 saturated carbocycles. The number of carbonyl (C=O) groups excluding carboxylic acids is 1. The first-order valence-electron chi connectivity index (χ1n) is 11.3. The van der Waals surface area contributed by atoms with Crippen LogP contribution >= 0.6 is 11.6 Å².